The van der Waals surface area contributed by atoms with Crippen molar-refractivity contribution in [2.24, 2.45) is 0 Å². The van der Waals surface area contributed by atoms with Gasteiger partial charge in [0.15, 0.2) is 0 Å². The molecule has 0 fully saturated rings. The molecule has 4 aromatic rings. The van der Waals surface area contributed by atoms with E-state index in [9.17, 15) is 9.59 Å². The first-order valence-corrected chi connectivity index (χ1v) is 9.26. The van der Waals surface area contributed by atoms with Crippen LogP contribution in [0.2, 0.25) is 10.0 Å². The van der Waals surface area contributed by atoms with Crippen molar-refractivity contribution >= 4 is 46.1 Å². The molecule has 0 radical (unpaired) electrons. The molecule has 4 rings (SSSR count). The minimum atomic E-state index is -0.751. The highest BCUT2D eigenvalue weighted by Crippen LogP contribution is 2.29. The summed E-state index contributed by atoms with van der Waals surface area (Å²) in [6.45, 7) is 0. The highest BCUT2D eigenvalue weighted by Gasteiger charge is 2.24. The van der Waals surface area contributed by atoms with E-state index in [2.05, 4.69) is 5.32 Å². The lowest BCUT2D eigenvalue weighted by molar-refractivity contribution is -0.112. The number of carbonyl (C=O) groups excluding carboxylic acids is 2. The quantitative estimate of drug-likeness (QED) is 0.346. The fraction of sp³-hybridized carbons (Fsp3) is 0. The summed E-state index contributed by atoms with van der Waals surface area (Å²) < 4.78 is 1.72. The maximum Gasteiger partial charge on any atom is 0.298 e. The van der Waals surface area contributed by atoms with Crippen LogP contribution in [0, 0.1) is 0 Å². The van der Waals surface area contributed by atoms with Gasteiger partial charge in [-0.05, 0) is 42.0 Å². The van der Waals surface area contributed by atoms with Crippen molar-refractivity contribution in [2.45, 2.75) is 0 Å². The van der Waals surface area contributed by atoms with Crippen LogP contribution in [0.3, 0.4) is 0 Å². The third-order valence-electron chi connectivity index (χ3n) is 4.36. The molecule has 0 aliphatic rings. The summed E-state index contributed by atoms with van der Waals surface area (Å²) in [6, 6.07) is 21.6. The molecule has 0 bridgehead atoms. The molecule has 0 aliphatic carbocycles. The molecule has 138 valence electrons. The molecule has 0 saturated heterocycles. The molecule has 0 spiro atoms. The number of carbonyl (C=O) groups is 2. The molecule has 4 nitrogen and oxygen atoms in total. The molecule has 0 saturated carbocycles. The van der Waals surface area contributed by atoms with Gasteiger partial charge < -0.3 is 9.72 Å². The number of aromatic nitrogens is 1. The average Bonchev–Trinajstić information content (AvgIpc) is 3.10. The van der Waals surface area contributed by atoms with E-state index in [1.807, 2.05) is 54.6 Å². The van der Waals surface area contributed by atoms with Crippen molar-refractivity contribution in [3.05, 3.63) is 94.7 Å². The number of Topliss-reactive ketones (excluding diaryl/α,β-unsaturated/α-hetero) is 1. The van der Waals surface area contributed by atoms with Crippen LogP contribution in [0.15, 0.2) is 79.0 Å². The van der Waals surface area contributed by atoms with Gasteiger partial charge in [-0.1, -0.05) is 59.6 Å². The zero-order chi connectivity index (χ0) is 19.7. The molecule has 2 aromatic heterocycles. The van der Waals surface area contributed by atoms with Gasteiger partial charge in [0.2, 0.25) is 0 Å². The number of pyridine rings is 1. The van der Waals surface area contributed by atoms with Crippen LogP contribution in [0.5, 0.6) is 0 Å². The standard InChI is InChI=1S/C22H14Cl2N2O2/c23-18-10-9-15(12-19(18)24)25-22(28)21(27)20-17(14-6-2-1-3-7-14)13-16-8-4-5-11-26(16)20/h1-13H,(H,25,28). The number of hydrogen-bond donors (Lipinski definition) is 1. The van der Waals surface area contributed by atoms with E-state index < -0.39 is 11.7 Å². The van der Waals surface area contributed by atoms with Crippen LogP contribution in [0.25, 0.3) is 16.6 Å². The zero-order valence-corrected chi connectivity index (χ0v) is 16.0. The third kappa shape index (κ3) is 3.40. The van der Waals surface area contributed by atoms with E-state index in [4.69, 9.17) is 23.2 Å². The molecule has 6 heteroatoms. The Morgan fingerprint density at radius 3 is 2.32 bits per heavy atom. The van der Waals surface area contributed by atoms with Crippen LogP contribution >= 0.6 is 23.2 Å². The SMILES string of the molecule is O=C(Nc1ccc(Cl)c(Cl)c1)C(=O)c1c(-c2ccccc2)cc2ccccn12. The lowest BCUT2D eigenvalue weighted by atomic mass is 10.0. The largest absolute Gasteiger partial charge is 0.319 e. The summed E-state index contributed by atoms with van der Waals surface area (Å²) in [5.74, 6) is -1.39. The van der Waals surface area contributed by atoms with Crippen molar-refractivity contribution in [3.63, 3.8) is 0 Å². The molecule has 2 heterocycles. The van der Waals surface area contributed by atoms with Gasteiger partial charge in [-0.2, -0.15) is 0 Å². The normalized spacial score (nSPS) is 10.8. The Labute approximate surface area is 171 Å². The molecular formula is C22H14Cl2N2O2. The van der Waals surface area contributed by atoms with Crippen LogP contribution < -0.4 is 5.32 Å². The van der Waals surface area contributed by atoms with Gasteiger partial charge >= 0.3 is 0 Å². The molecule has 0 atom stereocenters. The Balaban J connectivity index is 1.76. The summed E-state index contributed by atoms with van der Waals surface area (Å²) in [5, 5.41) is 3.26. The van der Waals surface area contributed by atoms with E-state index in [1.54, 1.807) is 22.7 Å². The van der Waals surface area contributed by atoms with E-state index in [1.165, 1.54) is 6.07 Å². The number of ketones is 1. The van der Waals surface area contributed by atoms with Crippen LogP contribution in [-0.4, -0.2) is 16.1 Å². The molecule has 1 amide bonds. The smallest absolute Gasteiger partial charge is 0.298 e. The predicted molar refractivity (Wildman–Crippen MR) is 112 cm³/mol. The number of nitrogens with zero attached hydrogens (tertiary/aromatic N) is 1. The molecule has 0 unspecified atom stereocenters. The molecular weight excluding hydrogens is 395 g/mol. The Kier molecular flexibility index (Phi) is 4.90. The topological polar surface area (TPSA) is 50.6 Å². The van der Waals surface area contributed by atoms with Gasteiger partial charge in [0.1, 0.15) is 5.69 Å². The Hall–Kier alpha value is -3.08. The summed E-state index contributed by atoms with van der Waals surface area (Å²) in [5.41, 5.74) is 3.08. The number of rotatable bonds is 4. The highest BCUT2D eigenvalue weighted by atomic mass is 35.5. The fourth-order valence-corrected chi connectivity index (χ4v) is 3.36. The summed E-state index contributed by atoms with van der Waals surface area (Å²) in [7, 11) is 0. The van der Waals surface area contributed by atoms with Crippen molar-refractivity contribution in [2.75, 3.05) is 5.32 Å². The number of fused-ring (bicyclic) bond motifs is 1. The van der Waals surface area contributed by atoms with Gasteiger partial charge in [-0.3, -0.25) is 9.59 Å². The van der Waals surface area contributed by atoms with E-state index in [0.717, 1.165) is 11.1 Å². The summed E-state index contributed by atoms with van der Waals surface area (Å²) in [4.78, 5) is 25.8. The molecule has 28 heavy (non-hydrogen) atoms. The summed E-state index contributed by atoms with van der Waals surface area (Å²) >= 11 is 11.9. The third-order valence-corrected chi connectivity index (χ3v) is 5.10. The predicted octanol–water partition coefficient (Wildman–Crippen LogP) is 5.73. The monoisotopic (exact) mass is 408 g/mol. The van der Waals surface area contributed by atoms with Crippen molar-refractivity contribution < 1.29 is 9.59 Å². The second kappa shape index (κ2) is 7.50. The van der Waals surface area contributed by atoms with Crippen molar-refractivity contribution in [1.82, 2.24) is 4.40 Å². The molecule has 0 aliphatic heterocycles. The number of hydrogen-bond acceptors (Lipinski definition) is 2. The number of benzene rings is 2. The Morgan fingerprint density at radius 1 is 0.821 bits per heavy atom. The van der Waals surface area contributed by atoms with Crippen molar-refractivity contribution in [1.29, 1.82) is 0 Å². The van der Waals surface area contributed by atoms with Crippen LogP contribution in [-0.2, 0) is 4.79 Å². The van der Waals surface area contributed by atoms with E-state index in [-0.39, 0.29) is 0 Å². The van der Waals surface area contributed by atoms with Gasteiger partial charge in [0.25, 0.3) is 11.7 Å². The lowest BCUT2D eigenvalue weighted by Crippen LogP contribution is -2.24. The van der Waals surface area contributed by atoms with Crippen LogP contribution in [0.1, 0.15) is 10.5 Å². The zero-order valence-electron chi connectivity index (χ0n) is 14.5. The van der Waals surface area contributed by atoms with Crippen LogP contribution in [0.4, 0.5) is 5.69 Å². The lowest BCUT2D eigenvalue weighted by Gasteiger charge is -2.08. The van der Waals surface area contributed by atoms with Gasteiger partial charge in [0, 0.05) is 23.0 Å². The van der Waals surface area contributed by atoms with Gasteiger partial charge in [-0.25, -0.2) is 0 Å². The average molecular weight is 409 g/mol. The first-order valence-electron chi connectivity index (χ1n) is 8.51. The number of halogens is 2. The maximum absolute atomic E-state index is 13.1. The van der Waals surface area contributed by atoms with E-state index in [0.29, 0.717) is 27.0 Å². The number of amides is 1. The van der Waals surface area contributed by atoms with Crippen molar-refractivity contribution in [3.8, 4) is 11.1 Å². The second-order valence-electron chi connectivity index (χ2n) is 6.18. The minimum absolute atomic E-state index is 0.296. The van der Waals surface area contributed by atoms with E-state index >= 15 is 0 Å². The van der Waals surface area contributed by atoms with Gasteiger partial charge in [-0.15, -0.1) is 0 Å². The Bertz CT molecular complexity index is 1200. The fourth-order valence-electron chi connectivity index (χ4n) is 3.06. The highest BCUT2D eigenvalue weighted by molar-refractivity contribution is 6.47. The first-order chi connectivity index (χ1) is 13.5. The molecule has 2 aromatic carbocycles. The minimum Gasteiger partial charge on any atom is -0.319 e. The summed E-state index contributed by atoms with van der Waals surface area (Å²) in [6.07, 6.45) is 1.77. The number of nitrogens with one attached hydrogen (secondary N) is 1. The number of anilines is 1. The van der Waals surface area contributed by atoms with Gasteiger partial charge in [0.05, 0.1) is 10.0 Å². The maximum atomic E-state index is 13.1. The second-order valence-corrected chi connectivity index (χ2v) is 6.99. The molecule has 1 N–H and O–H groups in total. The first kappa shape index (κ1) is 18.3. The Morgan fingerprint density at radius 2 is 1.57 bits per heavy atom.